The van der Waals surface area contributed by atoms with Crippen molar-refractivity contribution in [1.29, 1.82) is 0 Å². The SMILES string of the molecule is CC(C)(C)COc1cccc(Oc2ccc(N)cc2Cl)c1.CC(C)(C)COc1cccc(Oc2ccc([N+](=O)[O-])cc2Cl)c1. The highest BCUT2D eigenvalue weighted by molar-refractivity contribution is 6.32. The number of hydrogen-bond acceptors (Lipinski definition) is 7. The zero-order valence-electron chi connectivity index (χ0n) is 25.7. The summed E-state index contributed by atoms with van der Waals surface area (Å²) in [6.45, 7) is 13.9. The summed E-state index contributed by atoms with van der Waals surface area (Å²) in [5, 5.41) is 11.4. The fourth-order valence-electron chi connectivity index (χ4n) is 3.39. The Morgan fingerprint density at radius 1 is 0.659 bits per heavy atom. The van der Waals surface area contributed by atoms with E-state index in [1.807, 2.05) is 36.4 Å². The molecule has 0 radical (unpaired) electrons. The van der Waals surface area contributed by atoms with Crippen LogP contribution in [0.25, 0.3) is 0 Å². The molecule has 0 aliphatic heterocycles. The van der Waals surface area contributed by atoms with Crippen LogP contribution in [0.5, 0.6) is 34.5 Å². The number of rotatable bonds is 9. The van der Waals surface area contributed by atoms with Crippen LogP contribution in [-0.2, 0) is 0 Å². The highest BCUT2D eigenvalue weighted by Crippen LogP contribution is 2.34. The fraction of sp³-hybridized carbons (Fsp3) is 0.294. The van der Waals surface area contributed by atoms with Gasteiger partial charge in [-0.05, 0) is 59.4 Å². The molecule has 0 fully saturated rings. The number of nitrogens with two attached hydrogens (primary N) is 1. The number of hydrogen-bond donors (Lipinski definition) is 1. The van der Waals surface area contributed by atoms with E-state index in [1.54, 1.807) is 30.3 Å². The molecule has 0 atom stereocenters. The van der Waals surface area contributed by atoms with Gasteiger partial charge in [0.25, 0.3) is 5.69 Å². The molecule has 0 saturated heterocycles. The summed E-state index contributed by atoms with van der Waals surface area (Å²) in [6, 6.07) is 23.9. The maximum atomic E-state index is 10.7. The molecule has 0 saturated carbocycles. The quantitative estimate of drug-likeness (QED) is 0.110. The smallest absolute Gasteiger partial charge is 0.271 e. The summed E-state index contributed by atoms with van der Waals surface area (Å²) >= 11 is 12.1. The number of non-ortho nitro benzene ring substituents is 1. The van der Waals surface area contributed by atoms with Crippen molar-refractivity contribution in [3.05, 3.63) is 105 Å². The van der Waals surface area contributed by atoms with Crippen LogP contribution in [0.15, 0.2) is 84.9 Å². The van der Waals surface area contributed by atoms with E-state index in [0.29, 0.717) is 52.7 Å². The molecule has 0 spiro atoms. The molecule has 4 aromatic carbocycles. The number of nitro benzene ring substituents is 1. The summed E-state index contributed by atoms with van der Waals surface area (Å²) in [5.41, 5.74) is 6.35. The minimum atomic E-state index is -0.503. The Balaban J connectivity index is 0.000000241. The minimum Gasteiger partial charge on any atom is -0.493 e. The number of nitrogens with zero attached hydrogens (tertiary/aromatic N) is 1. The fourth-order valence-corrected chi connectivity index (χ4v) is 3.84. The summed E-state index contributed by atoms with van der Waals surface area (Å²) < 4.78 is 22.9. The Morgan fingerprint density at radius 3 is 1.50 bits per heavy atom. The third-order valence-electron chi connectivity index (χ3n) is 5.49. The molecule has 0 aliphatic carbocycles. The number of nitrogen functional groups attached to an aromatic ring is 1. The lowest BCUT2D eigenvalue weighted by atomic mass is 9.99. The predicted octanol–water partition coefficient (Wildman–Crippen LogP) is 10.6. The lowest BCUT2D eigenvalue weighted by Crippen LogP contribution is -2.16. The molecule has 0 heterocycles. The molecule has 2 N–H and O–H groups in total. The zero-order valence-corrected chi connectivity index (χ0v) is 27.2. The molecule has 10 heteroatoms. The molecule has 0 aromatic heterocycles. The van der Waals surface area contributed by atoms with Crippen molar-refractivity contribution in [2.24, 2.45) is 10.8 Å². The van der Waals surface area contributed by atoms with Crippen LogP contribution >= 0.6 is 23.2 Å². The molecular weight excluding hydrogens is 603 g/mol. The number of ether oxygens (including phenoxy) is 4. The minimum absolute atomic E-state index is 0.0541. The van der Waals surface area contributed by atoms with Gasteiger partial charge >= 0.3 is 0 Å². The zero-order chi connectivity index (χ0) is 32.5. The van der Waals surface area contributed by atoms with Gasteiger partial charge in [0, 0.05) is 30.0 Å². The second-order valence-electron chi connectivity index (χ2n) is 12.4. The predicted molar refractivity (Wildman–Crippen MR) is 177 cm³/mol. The largest absolute Gasteiger partial charge is 0.493 e. The third kappa shape index (κ3) is 11.9. The van der Waals surface area contributed by atoms with Crippen LogP contribution in [0.4, 0.5) is 11.4 Å². The van der Waals surface area contributed by atoms with Crippen LogP contribution in [0, 0.1) is 20.9 Å². The van der Waals surface area contributed by atoms with Gasteiger partial charge < -0.3 is 24.7 Å². The molecule has 4 rings (SSSR count). The van der Waals surface area contributed by atoms with Gasteiger partial charge in [0.2, 0.25) is 0 Å². The van der Waals surface area contributed by atoms with E-state index in [-0.39, 0.29) is 21.5 Å². The average Bonchev–Trinajstić information content (AvgIpc) is 2.93. The van der Waals surface area contributed by atoms with Crippen molar-refractivity contribution < 1.29 is 23.9 Å². The molecular formula is C34H38Cl2N2O6. The van der Waals surface area contributed by atoms with E-state index < -0.39 is 4.92 Å². The number of nitro groups is 1. The van der Waals surface area contributed by atoms with Gasteiger partial charge in [-0.2, -0.15) is 0 Å². The second-order valence-corrected chi connectivity index (χ2v) is 13.2. The van der Waals surface area contributed by atoms with Gasteiger partial charge in [0.1, 0.15) is 34.5 Å². The van der Waals surface area contributed by atoms with Crippen LogP contribution in [-0.4, -0.2) is 18.1 Å². The first-order valence-corrected chi connectivity index (χ1v) is 14.6. The molecule has 0 amide bonds. The maximum Gasteiger partial charge on any atom is 0.271 e. The first-order valence-electron chi connectivity index (χ1n) is 13.9. The Kier molecular flexibility index (Phi) is 11.7. The van der Waals surface area contributed by atoms with Crippen molar-refractivity contribution in [1.82, 2.24) is 0 Å². The summed E-state index contributed by atoms with van der Waals surface area (Å²) in [5.74, 6) is 3.61. The number of halogens is 2. The molecule has 4 aromatic rings. The van der Waals surface area contributed by atoms with Crippen molar-refractivity contribution >= 4 is 34.6 Å². The first-order chi connectivity index (χ1) is 20.6. The van der Waals surface area contributed by atoms with Crippen molar-refractivity contribution in [2.75, 3.05) is 18.9 Å². The summed E-state index contributed by atoms with van der Waals surface area (Å²) in [6.07, 6.45) is 0. The van der Waals surface area contributed by atoms with E-state index in [4.69, 9.17) is 47.9 Å². The van der Waals surface area contributed by atoms with Gasteiger partial charge in [0.05, 0.1) is 28.2 Å². The van der Waals surface area contributed by atoms with Gasteiger partial charge in [-0.1, -0.05) is 76.9 Å². The normalized spacial score (nSPS) is 11.2. The number of anilines is 1. The Bertz CT molecular complexity index is 1560. The third-order valence-corrected chi connectivity index (χ3v) is 6.08. The first kappa shape index (κ1) is 34.4. The monoisotopic (exact) mass is 640 g/mol. The molecule has 234 valence electrons. The van der Waals surface area contributed by atoms with Gasteiger partial charge in [-0.3, -0.25) is 10.1 Å². The van der Waals surface area contributed by atoms with Crippen LogP contribution < -0.4 is 24.7 Å². The van der Waals surface area contributed by atoms with Gasteiger partial charge in [0.15, 0.2) is 0 Å². The summed E-state index contributed by atoms with van der Waals surface area (Å²) in [7, 11) is 0. The van der Waals surface area contributed by atoms with E-state index in [0.717, 1.165) is 5.75 Å². The Hall–Kier alpha value is -4.14. The van der Waals surface area contributed by atoms with Gasteiger partial charge in [-0.25, -0.2) is 0 Å². The second kappa shape index (κ2) is 15.0. The standard InChI is InChI=1S/C17H18ClNO4.C17H20ClNO2/c1-17(2,3)11-22-13-5-4-6-14(10-13)23-16-8-7-12(19(20)21)9-15(16)18;1-17(2,3)11-20-13-5-4-6-14(10-13)21-16-8-7-12(19)9-15(16)18/h4-10H,11H2,1-3H3;4-10H,11,19H2,1-3H3. The highest BCUT2D eigenvalue weighted by atomic mass is 35.5. The molecule has 0 aliphatic rings. The van der Waals surface area contributed by atoms with E-state index in [2.05, 4.69) is 41.5 Å². The molecule has 0 unspecified atom stereocenters. The van der Waals surface area contributed by atoms with Gasteiger partial charge in [-0.15, -0.1) is 0 Å². The topological polar surface area (TPSA) is 106 Å². The van der Waals surface area contributed by atoms with E-state index >= 15 is 0 Å². The summed E-state index contributed by atoms with van der Waals surface area (Å²) in [4.78, 5) is 10.2. The van der Waals surface area contributed by atoms with E-state index in [1.165, 1.54) is 18.2 Å². The van der Waals surface area contributed by atoms with Crippen LogP contribution in [0.2, 0.25) is 10.0 Å². The van der Waals surface area contributed by atoms with Crippen molar-refractivity contribution in [3.63, 3.8) is 0 Å². The molecule has 0 bridgehead atoms. The van der Waals surface area contributed by atoms with Crippen molar-refractivity contribution in [3.8, 4) is 34.5 Å². The highest BCUT2D eigenvalue weighted by Gasteiger charge is 2.14. The average molecular weight is 642 g/mol. The number of benzene rings is 4. The molecule has 44 heavy (non-hydrogen) atoms. The Labute approximate surface area is 268 Å². The Morgan fingerprint density at radius 2 is 1.09 bits per heavy atom. The van der Waals surface area contributed by atoms with Crippen molar-refractivity contribution in [2.45, 2.75) is 41.5 Å². The lowest BCUT2D eigenvalue weighted by Gasteiger charge is -2.19. The lowest BCUT2D eigenvalue weighted by molar-refractivity contribution is -0.384. The van der Waals surface area contributed by atoms with Crippen LogP contribution in [0.1, 0.15) is 41.5 Å². The van der Waals surface area contributed by atoms with E-state index in [9.17, 15) is 10.1 Å². The van der Waals surface area contributed by atoms with Crippen LogP contribution in [0.3, 0.4) is 0 Å². The molecule has 8 nitrogen and oxygen atoms in total. The maximum absolute atomic E-state index is 10.7.